The molecule has 1 aliphatic heterocycles. The molecule has 2 N–H and O–H groups in total. The van der Waals surface area contributed by atoms with Gasteiger partial charge in [-0.05, 0) is 18.2 Å². The maximum absolute atomic E-state index is 9.10. The molecule has 0 aromatic heterocycles. The number of hydrogen-bond donors (Lipinski definition) is 2. The lowest BCUT2D eigenvalue weighted by Crippen LogP contribution is -2.45. The molecule has 0 saturated carbocycles. The van der Waals surface area contributed by atoms with Crippen molar-refractivity contribution in [1.29, 1.82) is 0 Å². The van der Waals surface area contributed by atoms with Crippen molar-refractivity contribution in [1.82, 2.24) is 9.80 Å². The SMILES string of the molecule is CCN1CCN(Cc2ccccc2Cl)CC1.O=C(O)C(=O)O. The first-order valence-electron chi connectivity index (χ1n) is 7.08. The van der Waals surface area contributed by atoms with Crippen molar-refractivity contribution < 1.29 is 19.8 Å². The molecule has 1 aromatic carbocycles. The van der Waals surface area contributed by atoms with E-state index in [0.29, 0.717) is 0 Å². The summed E-state index contributed by atoms with van der Waals surface area (Å²) in [6.07, 6.45) is 0. The predicted octanol–water partition coefficient (Wildman–Crippen LogP) is 1.63. The van der Waals surface area contributed by atoms with Crippen LogP contribution >= 0.6 is 11.6 Å². The summed E-state index contributed by atoms with van der Waals surface area (Å²) in [6.45, 7) is 9.04. The van der Waals surface area contributed by atoms with Crippen molar-refractivity contribution in [2.75, 3.05) is 32.7 Å². The zero-order valence-electron chi connectivity index (χ0n) is 12.5. The van der Waals surface area contributed by atoms with Gasteiger partial charge in [-0.25, -0.2) is 9.59 Å². The summed E-state index contributed by atoms with van der Waals surface area (Å²) >= 11 is 6.16. The molecule has 1 fully saturated rings. The third kappa shape index (κ3) is 6.43. The first-order chi connectivity index (χ1) is 10.4. The van der Waals surface area contributed by atoms with Gasteiger partial charge >= 0.3 is 11.9 Å². The van der Waals surface area contributed by atoms with E-state index < -0.39 is 11.9 Å². The molecule has 6 nitrogen and oxygen atoms in total. The van der Waals surface area contributed by atoms with E-state index in [1.165, 1.54) is 25.2 Å². The molecule has 1 saturated heterocycles. The van der Waals surface area contributed by atoms with Gasteiger partial charge < -0.3 is 15.1 Å². The number of hydrogen-bond acceptors (Lipinski definition) is 4. The molecule has 0 aliphatic carbocycles. The molecule has 0 radical (unpaired) electrons. The van der Waals surface area contributed by atoms with Crippen LogP contribution in [0.3, 0.4) is 0 Å². The fraction of sp³-hybridized carbons (Fsp3) is 0.467. The van der Waals surface area contributed by atoms with Crippen molar-refractivity contribution in [3.63, 3.8) is 0 Å². The molecule has 22 heavy (non-hydrogen) atoms. The van der Waals surface area contributed by atoms with E-state index >= 15 is 0 Å². The molecule has 2 rings (SSSR count). The number of halogens is 1. The van der Waals surface area contributed by atoms with Crippen molar-refractivity contribution in [2.24, 2.45) is 0 Å². The van der Waals surface area contributed by atoms with E-state index in [-0.39, 0.29) is 0 Å². The number of carboxylic acids is 2. The summed E-state index contributed by atoms with van der Waals surface area (Å²) in [5.74, 6) is -3.65. The average molecular weight is 329 g/mol. The van der Waals surface area contributed by atoms with Crippen LogP contribution in [-0.2, 0) is 16.1 Å². The summed E-state index contributed by atoms with van der Waals surface area (Å²) in [4.78, 5) is 23.2. The second-order valence-corrected chi connectivity index (χ2v) is 5.32. The summed E-state index contributed by atoms with van der Waals surface area (Å²) in [5, 5.41) is 15.7. The lowest BCUT2D eigenvalue weighted by molar-refractivity contribution is -0.159. The van der Waals surface area contributed by atoms with Crippen LogP contribution in [0.5, 0.6) is 0 Å². The Morgan fingerprint density at radius 3 is 2.00 bits per heavy atom. The zero-order valence-corrected chi connectivity index (χ0v) is 13.3. The highest BCUT2D eigenvalue weighted by molar-refractivity contribution is 6.31. The first kappa shape index (κ1) is 18.4. The van der Waals surface area contributed by atoms with Gasteiger partial charge in [0, 0.05) is 37.7 Å². The Kier molecular flexibility index (Phi) is 7.87. The third-order valence-electron chi connectivity index (χ3n) is 3.45. The Bertz CT molecular complexity index is 490. The normalized spacial score (nSPS) is 15.7. The molecule has 0 bridgehead atoms. The van der Waals surface area contributed by atoms with Crippen LogP contribution in [0.1, 0.15) is 12.5 Å². The van der Waals surface area contributed by atoms with E-state index in [0.717, 1.165) is 24.7 Å². The van der Waals surface area contributed by atoms with E-state index in [1.807, 2.05) is 12.1 Å². The highest BCUT2D eigenvalue weighted by atomic mass is 35.5. The smallest absolute Gasteiger partial charge is 0.414 e. The van der Waals surface area contributed by atoms with Gasteiger partial charge in [-0.3, -0.25) is 4.90 Å². The molecule has 0 spiro atoms. The summed E-state index contributed by atoms with van der Waals surface area (Å²) < 4.78 is 0. The maximum Gasteiger partial charge on any atom is 0.414 e. The van der Waals surface area contributed by atoms with E-state index in [4.69, 9.17) is 31.4 Å². The Morgan fingerprint density at radius 1 is 1.05 bits per heavy atom. The Hall–Kier alpha value is -1.63. The molecule has 1 heterocycles. The monoisotopic (exact) mass is 328 g/mol. The van der Waals surface area contributed by atoms with Gasteiger partial charge in [-0.2, -0.15) is 0 Å². The minimum absolute atomic E-state index is 0.889. The molecule has 1 aliphatic rings. The van der Waals surface area contributed by atoms with Gasteiger partial charge in [0.25, 0.3) is 0 Å². The number of carbonyl (C=O) groups is 2. The third-order valence-corrected chi connectivity index (χ3v) is 3.82. The van der Waals surface area contributed by atoms with Crippen LogP contribution in [0.2, 0.25) is 5.02 Å². The Labute approximate surface area is 134 Å². The lowest BCUT2D eigenvalue weighted by Gasteiger charge is -2.34. The van der Waals surface area contributed by atoms with Gasteiger partial charge in [0.2, 0.25) is 0 Å². The van der Waals surface area contributed by atoms with Gasteiger partial charge in [-0.1, -0.05) is 36.7 Å². The molecule has 7 heteroatoms. The number of benzene rings is 1. The quantitative estimate of drug-likeness (QED) is 0.821. The van der Waals surface area contributed by atoms with E-state index in [2.05, 4.69) is 28.9 Å². The van der Waals surface area contributed by atoms with Crippen molar-refractivity contribution >= 4 is 23.5 Å². The molecule has 122 valence electrons. The fourth-order valence-electron chi connectivity index (χ4n) is 2.13. The molecule has 0 amide bonds. The van der Waals surface area contributed by atoms with Gasteiger partial charge in [0.1, 0.15) is 0 Å². The number of piperazine rings is 1. The average Bonchev–Trinajstić information content (AvgIpc) is 2.51. The van der Waals surface area contributed by atoms with E-state index in [1.54, 1.807) is 0 Å². The maximum atomic E-state index is 9.10. The van der Waals surface area contributed by atoms with Crippen molar-refractivity contribution in [3.05, 3.63) is 34.9 Å². The molecular formula is C15H21ClN2O4. The lowest BCUT2D eigenvalue weighted by atomic mass is 10.2. The second-order valence-electron chi connectivity index (χ2n) is 4.91. The Morgan fingerprint density at radius 2 is 1.55 bits per heavy atom. The predicted molar refractivity (Wildman–Crippen MR) is 84.1 cm³/mol. The topological polar surface area (TPSA) is 81.1 Å². The zero-order chi connectivity index (χ0) is 16.5. The van der Waals surface area contributed by atoms with Gasteiger partial charge in [-0.15, -0.1) is 0 Å². The second kappa shape index (κ2) is 9.40. The van der Waals surface area contributed by atoms with Crippen molar-refractivity contribution in [2.45, 2.75) is 13.5 Å². The van der Waals surface area contributed by atoms with Crippen LogP contribution in [0, 0.1) is 0 Å². The standard InChI is InChI=1S/C13H19ClN2.C2H2O4/c1-2-15-7-9-16(10-8-15)11-12-5-3-4-6-13(12)14;3-1(4)2(5)6/h3-6H,2,7-11H2,1H3;(H,3,4)(H,5,6). The molecule has 0 unspecified atom stereocenters. The number of nitrogens with zero attached hydrogens (tertiary/aromatic N) is 2. The van der Waals surface area contributed by atoms with E-state index in [9.17, 15) is 0 Å². The highest BCUT2D eigenvalue weighted by Gasteiger charge is 2.15. The highest BCUT2D eigenvalue weighted by Crippen LogP contribution is 2.17. The summed E-state index contributed by atoms with van der Waals surface area (Å²) in [6, 6.07) is 8.14. The first-order valence-corrected chi connectivity index (χ1v) is 7.46. The fourth-order valence-corrected chi connectivity index (χ4v) is 2.33. The summed E-state index contributed by atoms with van der Waals surface area (Å²) in [7, 11) is 0. The minimum Gasteiger partial charge on any atom is -0.473 e. The van der Waals surface area contributed by atoms with Crippen LogP contribution in [0.4, 0.5) is 0 Å². The van der Waals surface area contributed by atoms with Crippen LogP contribution in [0.25, 0.3) is 0 Å². The number of likely N-dealkylation sites (N-methyl/N-ethyl adjacent to an activating group) is 1. The van der Waals surface area contributed by atoms with Crippen LogP contribution < -0.4 is 0 Å². The van der Waals surface area contributed by atoms with Crippen molar-refractivity contribution in [3.8, 4) is 0 Å². The van der Waals surface area contributed by atoms with Gasteiger partial charge in [0.15, 0.2) is 0 Å². The van der Waals surface area contributed by atoms with Crippen LogP contribution in [-0.4, -0.2) is 64.7 Å². The molecule has 1 aromatic rings. The Balaban J connectivity index is 0.000000346. The number of aliphatic carboxylic acids is 2. The minimum atomic E-state index is -1.82. The summed E-state index contributed by atoms with van der Waals surface area (Å²) in [5.41, 5.74) is 1.24. The largest absolute Gasteiger partial charge is 0.473 e. The number of carboxylic acid groups (broad SMARTS) is 2. The van der Waals surface area contributed by atoms with Gasteiger partial charge in [0.05, 0.1) is 0 Å². The molecular weight excluding hydrogens is 308 g/mol. The number of rotatable bonds is 3. The van der Waals surface area contributed by atoms with Crippen LogP contribution in [0.15, 0.2) is 24.3 Å². The molecule has 0 atom stereocenters.